The first-order valence-corrected chi connectivity index (χ1v) is 12.7. The van der Waals surface area contributed by atoms with Crippen LogP contribution >= 0.6 is 0 Å². The Morgan fingerprint density at radius 2 is 1.68 bits per heavy atom. The molecule has 0 radical (unpaired) electrons. The van der Waals surface area contributed by atoms with Gasteiger partial charge in [-0.1, -0.05) is 39.8 Å². The molecule has 4 nitrogen and oxygen atoms in total. The second kappa shape index (κ2) is 9.65. The molecule has 4 rings (SSSR count). The summed E-state index contributed by atoms with van der Waals surface area (Å²) in [5.74, 6) is -0.325. The molecule has 0 N–H and O–H groups in total. The zero-order valence-corrected chi connectivity index (χ0v) is 21.5. The zero-order chi connectivity index (χ0) is 24.8. The van der Waals surface area contributed by atoms with Crippen molar-refractivity contribution in [2.75, 3.05) is 19.6 Å². The highest BCUT2D eigenvalue weighted by molar-refractivity contribution is 5.44. The maximum Gasteiger partial charge on any atom is 0.449 e. The third-order valence-corrected chi connectivity index (χ3v) is 7.50. The molecule has 2 aliphatic heterocycles. The van der Waals surface area contributed by atoms with Crippen molar-refractivity contribution in [2.24, 2.45) is 0 Å². The molecule has 2 aromatic rings. The highest BCUT2D eigenvalue weighted by atomic mass is 19.4. The van der Waals surface area contributed by atoms with E-state index in [0.717, 1.165) is 38.2 Å². The molecule has 3 heterocycles. The van der Waals surface area contributed by atoms with Crippen LogP contribution in [0.5, 0.6) is 0 Å². The SMILES string of the molecule is CC(C)c1nc(C(F)(F)F)n2c1CN(CCc1ccc3c(c1C(C)C)CN(C(C)C)CC3)CC2. The van der Waals surface area contributed by atoms with Gasteiger partial charge in [0.15, 0.2) is 0 Å². The highest BCUT2D eigenvalue weighted by Crippen LogP contribution is 2.35. The summed E-state index contributed by atoms with van der Waals surface area (Å²) in [4.78, 5) is 8.88. The van der Waals surface area contributed by atoms with Crippen LogP contribution in [-0.2, 0) is 38.7 Å². The molecular weight excluding hydrogens is 437 g/mol. The molecule has 0 spiro atoms. The second-order valence-electron chi connectivity index (χ2n) is 10.8. The molecule has 0 aliphatic carbocycles. The number of benzene rings is 1. The van der Waals surface area contributed by atoms with Crippen molar-refractivity contribution in [2.45, 2.75) is 98.1 Å². The van der Waals surface area contributed by atoms with Crippen LogP contribution in [0.1, 0.15) is 92.8 Å². The lowest BCUT2D eigenvalue weighted by Gasteiger charge is -2.35. The van der Waals surface area contributed by atoms with Crippen molar-refractivity contribution in [1.82, 2.24) is 19.4 Å². The predicted octanol–water partition coefficient (Wildman–Crippen LogP) is 5.97. The van der Waals surface area contributed by atoms with E-state index in [1.165, 1.54) is 26.8 Å². The summed E-state index contributed by atoms with van der Waals surface area (Å²) in [6, 6.07) is 5.15. The number of hydrogen-bond donors (Lipinski definition) is 0. The molecule has 0 amide bonds. The van der Waals surface area contributed by atoms with E-state index in [4.69, 9.17) is 0 Å². The minimum atomic E-state index is -4.41. The maximum atomic E-state index is 13.6. The Kier molecular flexibility index (Phi) is 7.16. The number of fused-ring (bicyclic) bond motifs is 2. The Morgan fingerprint density at radius 1 is 0.941 bits per heavy atom. The van der Waals surface area contributed by atoms with Crippen LogP contribution in [0.2, 0.25) is 0 Å². The summed E-state index contributed by atoms with van der Waals surface area (Å²) in [6.07, 6.45) is -2.40. The fraction of sp³-hybridized carbons (Fsp3) is 0.667. The van der Waals surface area contributed by atoms with Crippen LogP contribution in [0, 0.1) is 0 Å². The monoisotopic (exact) mass is 476 g/mol. The quantitative estimate of drug-likeness (QED) is 0.513. The van der Waals surface area contributed by atoms with Gasteiger partial charge in [-0.25, -0.2) is 4.98 Å². The summed E-state index contributed by atoms with van der Waals surface area (Å²) in [6.45, 7) is 17.4. The normalized spacial score (nSPS) is 17.6. The Hall–Kier alpha value is -1.86. The minimum absolute atomic E-state index is 0.0330. The maximum absolute atomic E-state index is 13.6. The van der Waals surface area contributed by atoms with E-state index in [0.29, 0.717) is 37.3 Å². The molecule has 0 saturated carbocycles. The fourth-order valence-electron chi connectivity index (χ4n) is 5.70. The van der Waals surface area contributed by atoms with Crippen LogP contribution in [0.15, 0.2) is 12.1 Å². The molecule has 7 heteroatoms. The molecule has 0 bridgehead atoms. The number of rotatable bonds is 6. The van der Waals surface area contributed by atoms with Crippen molar-refractivity contribution in [3.8, 4) is 0 Å². The molecular formula is C27H39F3N4. The molecule has 188 valence electrons. The van der Waals surface area contributed by atoms with Crippen LogP contribution in [-0.4, -0.2) is 45.0 Å². The lowest BCUT2D eigenvalue weighted by atomic mass is 9.84. The van der Waals surface area contributed by atoms with E-state index in [-0.39, 0.29) is 5.92 Å². The van der Waals surface area contributed by atoms with E-state index in [2.05, 4.69) is 54.6 Å². The van der Waals surface area contributed by atoms with Crippen molar-refractivity contribution in [1.29, 1.82) is 0 Å². The van der Waals surface area contributed by atoms with Crippen molar-refractivity contribution >= 4 is 0 Å². The molecule has 1 aromatic carbocycles. The standard InChI is InChI=1S/C27H39F3N4/c1-17(2)24-21(8-7-20-10-12-33(19(5)6)15-22(20)24)9-11-32-13-14-34-23(16-32)25(18(3)4)31-26(34)27(28,29)30/h7-8,17-19H,9-16H2,1-6H3. The summed E-state index contributed by atoms with van der Waals surface area (Å²) >= 11 is 0. The van der Waals surface area contributed by atoms with Gasteiger partial charge < -0.3 is 4.57 Å². The summed E-state index contributed by atoms with van der Waals surface area (Å²) in [7, 11) is 0. The number of aromatic nitrogens is 2. The zero-order valence-electron chi connectivity index (χ0n) is 21.5. The van der Waals surface area contributed by atoms with Gasteiger partial charge in [-0.05, 0) is 60.8 Å². The Balaban J connectivity index is 1.55. The molecule has 0 unspecified atom stereocenters. The third kappa shape index (κ3) is 4.92. The van der Waals surface area contributed by atoms with E-state index < -0.39 is 12.0 Å². The Labute approximate surface area is 202 Å². The molecule has 34 heavy (non-hydrogen) atoms. The number of hydrogen-bond acceptors (Lipinski definition) is 3. The average molecular weight is 477 g/mol. The third-order valence-electron chi connectivity index (χ3n) is 7.50. The van der Waals surface area contributed by atoms with Gasteiger partial charge in [0.1, 0.15) is 0 Å². The molecule has 0 saturated heterocycles. The van der Waals surface area contributed by atoms with Gasteiger partial charge in [-0.2, -0.15) is 13.2 Å². The van der Waals surface area contributed by atoms with Crippen molar-refractivity contribution in [3.63, 3.8) is 0 Å². The summed E-state index contributed by atoms with van der Waals surface area (Å²) in [5, 5.41) is 0. The first-order valence-electron chi connectivity index (χ1n) is 12.7. The summed E-state index contributed by atoms with van der Waals surface area (Å²) in [5.41, 5.74) is 7.16. The number of alkyl halides is 3. The topological polar surface area (TPSA) is 24.3 Å². The molecule has 0 fully saturated rings. The van der Waals surface area contributed by atoms with E-state index in [9.17, 15) is 13.2 Å². The second-order valence-corrected chi connectivity index (χ2v) is 10.8. The van der Waals surface area contributed by atoms with Crippen LogP contribution in [0.25, 0.3) is 0 Å². The predicted molar refractivity (Wildman–Crippen MR) is 130 cm³/mol. The van der Waals surface area contributed by atoms with Crippen LogP contribution in [0.4, 0.5) is 13.2 Å². The fourth-order valence-corrected chi connectivity index (χ4v) is 5.70. The Bertz CT molecular complexity index is 1020. The van der Waals surface area contributed by atoms with Crippen LogP contribution < -0.4 is 0 Å². The first-order chi connectivity index (χ1) is 16.0. The van der Waals surface area contributed by atoms with E-state index in [1.54, 1.807) is 0 Å². The number of nitrogens with zero attached hydrogens (tertiary/aromatic N) is 4. The lowest BCUT2D eigenvalue weighted by molar-refractivity contribution is -0.147. The van der Waals surface area contributed by atoms with E-state index in [1.807, 2.05) is 13.8 Å². The van der Waals surface area contributed by atoms with Crippen LogP contribution in [0.3, 0.4) is 0 Å². The molecule has 2 aliphatic rings. The average Bonchev–Trinajstić information content (AvgIpc) is 3.16. The molecule has 0 atom stereocenters. The molecule has 1 aromatic heterocycles. The van der Waals surface area contributed by atoms with Gasteiger partial charge in [-0.15, -0.1) is 0 Å². The highest BCUT2D eigenvalue weighted by Gasteiger charge is 2.40. The van der Waals surface area contributed by atoms with Crippen molar-refractivity contribution < 1.29 is 13.2 Å². The van der Waals surface area contributed by atoms with Gasteiger partial charge >= 0.3 is 6.18 Å². The minimum Gasteiger partial charge on any atom is -0.322 e. The Morgan fingerprint density at radius 3 is 2.29 bits per heavy atom. The summed E-state index contributed by atoms with van der Waals surface area (Å²) < 4.78 is 42.1. The van der Waals surface area contributed by atoms with Gasteiger partial charge in [0, 0.05) is 45.3 Å². The van der Waals surface area contributed by atoms with Gasteiger partial charge in [0.05, 0.1) is 11.4 Å². The van der Waals surface area contributed by atoms with Gasteiger partial charge in [-0.3, -0.25) is 9.80 Å². The first kappa shape index (κ1) is 25.2. The number of imidazole rings is 1. The van der Waals surface area contributed by atoms with E-state index >= 15 is 0 Å². The van der Waals surface area contributed by atoms with Gasteiger partial charge in [0.2, 0.25) is 5.82 Å². The number of halogens is 3. The van der Waals surface area contributed by atoms with Crippen molar-refractivity contribution in [3.05, 3.63) is 51.6 Å². The lowest BCUT2D eigenvalue weighted by Crippen LogP contribution is -2.37. The largest absolute Gasteiger partial charge is 0.449 e. The smallest absolute Gasteiger partial charge is 0.322 e. The van der Waals surface area contributed by atoms with Gasteiger partial charge in [0.25, 0.3) is 0 Å².